The first-order valence-corrected chi connectivity index (χ1v) is 12.7. The Balaban J connectivity index is 1.50. The van der Waals surface area contributed by atoms with Gasteiger partial charge < -0.3 is 4.74 Å². The number of hydrogen-bond acceptors (Lipinski definition) is 1. The predicted octanol–water partition coefficient (Wildman–Crippen LogP) is 8.84. The molecule has 0 aliphatic carbocycles. The molecular weight excluding hydrogens is 644 g/mol. The van der Waals surface area contributed by atoms with Crippen molar-refractivity contribution >= 4 is 45.2 Å². The highest BCUT2D eigenvalue weighted by Crippen LogP contribution is 2.31. The van der Waals surface area contributed by atoms with Gasteiger partial charge in [-0.15, -0.1) is 0 Å². The van der Waals surface area contributed by atoms with E-state index in [2.05, 4.69) is 45.2 Å². The van der Waals surface area contributed by atoms with E-state index in [-0.39, 0.29) is 24.8 Å². The molecular formula is C28H22F2I2O. The van der Waals surface area contributed by atoms with Crippen LogP contribution in [0.15, 0.2) is 72.8 Å². The number of ether oxygens (including phenoxy) is 1. The lowest BCUT2D eigenvalue weighted by Gasteiger charge is -2.14. The number of hydrogen-bond donors (Lipinski definition) is 0. The van der Waals surface area contributed by atoms with Gasteiger partial charge in [0.15, 0.2) is 0 Å². The Kier molecular flexibility index (Phi) is 7.81. The number of aryl methyl sites for hydroxylation is 2. The highest BCUT2D eigenvalue weighted by molar-refractivity contribution is 14.1. The van der Waals surface area contributed by atoms with Gasteiger partial charge in [0.1, 0.15) is 11.6 Å². The SMILES string of the molecule is Cc1ccccc1-c1cc(I)c(COCc2cc(F)c(-c3ccccc3C)cc2I)cc1F. The fraction of sp³-hybridized carbons (Fsp3) is 0.143. The first-order valence-electron chi connectivity index (χ1n) is 10.5. The van der Waals surface area contributed by atoms with E-state index in [4.69, 9.17) is 4.74 Å². The molecule has 0 N–H and O–H groups in total. The standard InChI is InChI=1S/C28H22F2I2O/c1-17-7-3-5-9-21(17)23-13-27(31)19(11-25(23)29)15-33-16-20-12-26(30)24(14-28(20)32)22-10-6-4-8-18(22)2/h3-14H,15-16H2,1-2H3. The van der Waals surface area contributed by atoms with Gasteiger partial charge in [0, 0.05) is 18.3 Å². The van der Waals surface area contributed by atoms with Crippen LogP contribution in [0.3, 0.4) is 0 Å². The Labute approximate surface area is 220 Å². The van der Waals surface area contributed by atoms with Crippen molar-refractivity contribution in [3.05, 3.63) is 114 Å². The van der Waals surface area contributed by atoms with Gasteiger partial charge in [-0.05, 0) is 117 Å². The van der Waals surface area contributed by atoms with E-state index < -0.39 is 0 Å². The molecule has 0 bridgehead atoms. The minimum atomic E-state index is -0.272. The third-order valence-corrected chi connectivity index (χ3v) is 7.67. The van der Waals surface area contributed by atoms with E-state index in [1.165, 1.54) is 12.1 Å². The molecule has 0 spiro atoms. The lowest BCUT2D eigenvalue weighted by atomic mass is 9.99. The maximum atomic E-state index is 14.9. The molecule has 1 nitrogen and oxygen atoms in total. The molecule has 0 aromatic heterocycles. The third kappa shape index (κ3) is 5.46. The smallest absolute Gasteiger partial charge is 0.131 e. The molecule has 0 unspecified atom stereocenters. The molecule has 0 heterocycles. The minimum absolute atomic E-state index is 0.250. The summed E-state index contributed by atoms with van der Waals surface area (Å²) in [6, 6.07) is 22.3. The minimum Gasteiger partial charge on any atom is -0.372 e. The van der Waals surface area contributed by atoms with Gasteiger partial charge in [-0.1, -0.05) is 48.5 Å². The quantitative estimate of drug-likeness (QED) is 0.187. The van der Waals surface area contributed by atoms with Gasteiger partial charge in [0.2, 0.25) is 0 Å². The van der Waals surface area contributed by atoms with Gasteiger partial charge in [0.05, 0.1) is 13.2 Å². The van der Waals surface area contributed by atoms with Crippen molar-refractivity contribution in [2.75, 3.05) is 0 Å². The van der Waals surface area contributed by atoms with Crippen LogP contribution in [0.25, 0.3) is 22.3 Å². The monoisotopic (exact) mass is 666 g/mol. The van der Waals surface area contributed by atoms with Crippen molar-refractivity contribution in [3.8, 4) is 22.3 Å². The van der Waals surface area contributed by atoms with Crippen molar-refractivity contribution < 1.29 is 13.5 Å². The average Bonchev–Trinajstić information content (AvgIpc) is 2.79. The normalized spacial score (nSPS) is 11.1. The molecule has 4 rings (SSSR count). The first-order chi connectivity index (χ1) is 15.8. The van der Waals surface area contributed by atoms with E-state index in [1.807, 2.05) is 74.5 Å². The van der Waals surface area contributed by atoms with Crippen LogP contribution >= 0.6 is 45.2 Å². The molecule has 0 radical (unpaired) electrons. The highest BCUT2D eigenvalue weighted by Gasteiger charge is 2.14. The Morgan fingerprint density at radius 3 is 1.39 bits per heavy atom. The Morgan fingerprint density at radius 1 is 0.606 bits per heavy atom. The number of halogens is 4. The van der Waals surface area contributed by atoms with Gasteiger partial charge in [-0.3, -0.25) is 0 Å². The molecule has 5 heteroatoms. The summed E-state index contributed by atoms with van der Waals surface area (Å²) in [5.74, 6) is -0.543. The Hall–Kier alpha value is -1.84. The topological polar surface area (TPSA) is 9.23 Å². The second-order valence-electron chi connectivity index (χ2n) is 7.97. The fourth-order valence-corrected chi connectivity index (χ4v) is 5.08. The summed E-state index contributed by atoms with van der Waals surface area (Å²) >= 11 is 4.43. The molecule has 0 fully saturated rings. The van der Waals surface area contributed by atoms with Crippen molar-refractivity contribution in [2.45, 2.75) is 27.1 Å². The molecule has 168 valence electrons. The summed E-state index contributed by atoms with van der Waals surface area (Å²) in [4.78, 5) is 0. The first kappa shape index (κ1) is 24.3. The summed E-state index contributed by atoms with van der Waals surface area (Å²) in [6.45, 7) is 4.45. The molecule has 4 aromatic rings. The number of benzene rings is 4. The van der Waals surface area contributed by atoms with Gasteiger partial charge >= 0.3 is 0 Å². The van der Waals surface area contributed by atoms with Crippen LogP contribution in [-0.4, -0.2) is 0 Å². The fourth-order valence-electron chi connectivity index (χ4n) is 3.83. The van der Waals surface area contributed by atoms with Crippen LogP contribution in [0.1, 0.15) is 22.3 Å². The maximum Gasteiger partial charge on any atom is 0.131 e. The Morgan fingerprint density at radius 2 is 1.00 bits per heavy atom. The lowest BCUT2D eigenvalue weighted by molar-refractivity contribution is 0.106. The zero-order chi connectivity index (χ0) is 23.5. The zero-order valence-electron chi connectivity index (χ0n) is 18.3. The van der Waals surface area contributed by atoms with Crippen molar-refractivity contribution in [3.63, 3.8) is 0 Å². The summed E-state index contributed by atoms with van der Waals surface area (Å²) in [7, 11) is 0. The highest BCUT2D eigenvalue weighted by atomic mass is 127. The molecule has 33 heavy (non-hydrogen) atoms. The van der Waals surface area contributed by atoms with Crippen LogP contribution in [-0.2, 0) is 18.0 Å². The van der Waals surface area contributed by atoms with E-state index in [0.717, 1.165) is 40.5 Å². The molecule has 0 amide bonds. The van der Waals surface area contributed by atoms with Crippen molar-refractivity contribution in [2.24, 2.45) is 0 Å². The Bertz CT molecular complexity index is 1220. The van der Waals surface area contributed by atoms with Gasteiger partial charge in [-0.25, -0.2) is 8.78 Å². The van der Waals surface area contributed by atoms with E-state index in [9.17, 15) is 8.78 Å². The molecule has 0 saturated heterocycles. The van der Waals surface area contributed by atoms with Crippen LogP contribution in [0.2, 0.25) is 0 Å². The van der Waals surface area contributed by atoms with E-state index >= 15 is 0 Å². The van der Waals surface area contributed by atoms with Crippen LogP contribution in [0, 0.1) is 32.6 Å². The predicted molar refractivity (Wildman–Crippen MR) is 147 cm³/mol. The number of rotatable bonds is 6. The van der Waals surface area contributed by atoms with Crippen LogP contribution < -0.4 is 0 Å². The summed E-state index contributed by atoms with van der Waals surface area (Å²) < 4.78 is 37.5. The van der Waals surface area contributed by atoms with Crippen molar-refractivity contribution in [1.29, 1.82) is 0 Å². The third-order valence-electron chi connectivity index (χ3n) is 5.66. The molecule has 0 saturated carbocycles. The average molecular weight is 666 g/mol. The second-order valence-corrected chi connectivity index (χ2v) is 10.3. The molecule has 0 atom stereocenters. The maximum absolute atomic E-state index is 14.9. The molecule has 0 aliphatic heterocycles. The van der Waals surface area contributed by atoms with Gasteiger partial charge in [-0.2, -0.15) is 0 Å². The van der Waals surface area contributed by atoms with Crippen molar-refractivity contribution in [1.82, 2.24) is 0 Å². The summed E-state index contributed by atoms with van der Waals surface area (Å²) in [5.41, 5.74) is 6.56. The van der Waals surface area contributed by atoms with E-state index in [0.29, 0.717) is 11.1 Å². The van der Waals surface area contributed by atoms with Gasteiger partial charge in [0.25, 0.3) is 0 Å². The second kappa shape index (κ2) is 10.6. The summed E-state index contributed by atoms with van der Waals surface area (Å²) in [6.07, 6.45) is 0. The summed E-state index contributed by atoms with van der Waals surface area (Å²) in [5, 5.41) is 0. The van der Waals surface area contributed by atoms with Crippen LogP contribution in [0.5, 0.6) is 0 Å². The van der Waals surface area contributed by atoms with Crippen LogP contribution in [0.4, 0.5) is 8.78 Å². The molecule has 0 aliphatic rings. The molecule has 4 aromatic carbocycles. The lowest BCUT2D eigenvalue weighted by Crippen LogP contribution is -2.01. The van der Waals surface area contributed by atoms with E-state index in [1.54, 1.807) is 0 Å². The largest absolute Gasteiger partial charge is 0.372 e. The zero-order valence-corrected chi connectivity index (χ0v) is 22.6.